The molecule has 1 aliphatic heterocycles. The zero-order valence-electron chi connectivity index (χ0n) is 14.8. The van der Waals surface area contributed by atoms with E-state index in [0.717, 1.165) is 5.56 Å². The van der Waals surface area contributed by atoms with Gasteiger partial charge in [0.1, 0.15) is 0 Å². The Morgan fingerprint density at radius 2 is 1.24 bits per heavy atom. The van der Waals surface area contributed by atoms with Crippen LogP contribution >= 0.6 is 0 Å². The Hall–Kier alpha value is -2.62. The van der Waals surface area contributed by atoms with Crippen LogP contribution in [0.1, 0.15) is 29.8 Å². The zero-order valence-corrected chi connectivity index (χ0v) is 14.8. The van der Waals surface area contributed by atoms with E-state index in [9.17, 15) is 9.59 Å². The smallest absolute Gasteiger partial charge is 0.253 e. The summed E-state index contributed by atoms with van der Waals surface area (Å²) in [6.45, 7) is 6.23. The number of carbonyl (C=O) groups excluding carboxylic acids is 2. The maximum Gasteiger partial charge on any atom is 0.253 e. The minimum atomic E-state index is -0.563. The molecule has 2 aromatic rings. The van der Waals surface area contributed by atoms with E-state index in [1.165, 1.54) is 0 Å². The van der Waals surface area contributed by atoms with E-state index in [2.05, 4.69) is 0 Å². The van der Waals surface area contributed by atoms with Gasteiger partial charge in [-0.25, -0.2) is 0 Å². The van der Waals surface area contributed by atoms with Gasteiger partial charge in [0, 0.05) is 31.7 Å². The van der Waals surface area contributed by atoms with E-state index < -0.39 is 5.41 Å². The van der Waals surface area contributed by atoms with Crippen molar-refractivity contribution in [1.29, 1.82) is 0 Å². The van der Waals surface area contributed by atoms with Gasteiger partial charge in [0.15, 0.2) is 0 Å². The molecule has 0 spiro atoms. The molecule has 1 aliphatic rings. The number of piperazine rings is 1. The first kappa shape index (κ1) is 17.2. The summed E-state index contributed by atoms with van der Waals surface area (Å²) in [5.41, 5.74) is 1.15. The predicted molar refractivity (Wildman–Crippen MR) is 98.4 cm³/mol. The van der Waals surface area contributed by atoms with E-state index in [1.807, 2.05) is 84.3 Å². The number of hydrogen-bond acceptors (Lipinski definition) is 2. The second kappa shape index (κ2) is 7.09. The highest BCUT2D eigenvalue weighted by atomic mass is 16.2. The van der Waals surface area contributed by atoms with Crippen LogP contribution < -0.4 is 0 Å². The number of carbonyl (C=O) groups is 2. The fraction of sp³-hybridized carbons (Fsp3) is 0.333. The molecule has 1 heterocycles. The number of rotatable bonds is 3. The first-order valence-corrected chi connectivity index (χ1v) is 8.69. The van der Waals surface area contributed by atoms with E-state index in [-0.39, 0.29) is 11.8 Å². The standard InChI is InChI=1S/C21H24N2O2/c1-21(2,18-11-7-4-8-12-18)20(25)23-15-13-22(14-16-23)19(24)17-9-5-3-6-10-17/h3-12H,13-16H2,1-2H3. The van der Waals surface area contributed by atoms with Gasteiger partial charge in [-0.3, -0.25) is 9.59 Å². The summed E-state index contributed by atoms with van der Waals surface area (Å²) in [6.07, 6.45) is 0. The molecule has 0 N–H and O–H groups in total. The molecule has 0 unspecified atom stereocenters. The van der Waals surface area contributed by atoms with Crippen molar-refractivity contribution in [3.05, 3.63) is 71.8 Å². The lowest BCUT2D eigenvalue weighted by Gasteiger charge is -2.38. The third kappa shape index (κ3) is 3.58. The second-order valence-electron chi connectivity index (χ2n) is 6.94. The molecule has 130 valence electrons. The largest absolute Gasteiger partial charge is 0.338 e. The third-order valence-corrected chi connectivity index (χ3v) is 4.90. The summed E-state index contributed by atoms with van der Waals surface area (Å²) < 4.78 is 0. The lowest BCUT2D eigenvalue weighted by Crippen LogP contribution is -2.54. The lowest BCUT2D eigenvalue weighted by molar-refractivity contribution is -0.137. The van der Waals surface area contributed by atoms with Crippen molar-refractivity contribution in [3.63, 3.8) is 0 Å². The number of nitrogens with zero attached hydrogens (tertiary/aromatic N) is 2. The molecule has 0 saturated carbocycles. The fourth-order valence-electron chi connectivity index (χ4n) is 3.25. The van der Waals surface area contributed by atoms with Crippen molar-refractivity contribution >= 4 is 11.8 Å². The minimum Gasteiger partial charge on any atom is -0.338 e. The van der Waals surface area contributed by atoms with Gasteiger partial charge in [-0.1, -0.05) is 48.5 Å². The zero-order chi connectivity index (χ0) is 17.9. The van der Waals surface area contributed by atoms with Gasteiger partial charge >= 0.3 is 0 Å². The summed E-state index contributed by atoms with van der Waals surface area (Å²) in [4.78, 5) is 29.2. The lowest BCUT2D eigenvalue weighted by atomic mass is 9.83. The maximum atomic E-state index is 13.0. The summed E-state index contributed by atoms with van der Waals surface area (Å²) in [5, 5.41) is 0. The van der Waals surface area contributed by atoms with Gasteiger partial charge in [-0.15, -0.1) is 0 Å². The van der Waals surface area contributed by atoms with Crippen molar-refractivity contribution in [2.75, 3.05) is 26.2 Å². The van der Waals surface area contributed by atoms with Gasteiger partial charge in [0.25, 0.3) is 5.91 Å². The van der Waals surface area contributed by atoms with Gasteiger partial charge in [0.05, 0.1) is 5.41 Å². The second-order valence-corrected chi connectivity index (χ2v) is 6.94. The minimum absolute atomic E-state index is 0.0371. The number of amides is 2. The van der Waals surface area contributed by atoms with Crippen molar-refractivity contribution in [3.8, 4) is 0 Å². The van der Waals surface area contributed by atoms with E-state index in [4.69, 9.17) is 0 Å². The molecule has 0 atom stereocenters. The summed E-state index contributed by atoms with van der Waals surface area (Å²) in [6, 6.07) is 19.2. The monoisotopic (exact) mass is 336 g/mol. The molecule has 0 bridgehead atoms. The van der Waals surface area contributed by atoms with Crippen molar-refractivity contribution in [2.45, 2.75) is 19.3 Å². The molecular formula is C21H24N2O2. The Balaban J connectivity index is 1.64. The van der Waals surface area contributed by atoms with Crippen LogP contribution in [0.2, 0.25) is 0 Å². The van der Waals surface area contributed by atoms with Crippen molar-refractivity contribution < 1.29 is 9.59 Å². The molecule has 0 radical (unpaired) electrons. The topological polar surface area (TPSA) is 40.6 Å². The maximum absolute atomic E-state index is 13.0. The molecule has 1 saturated heterocycles. The third-order valence-electron chi connectivity index (χ3n) is 4.90. The Bertz CT molecular complexity index is 733. The summed E-state index contributed by atoms with van der Waals surface area (Å²) in [7, 11) is 0. The molecule has 4 nitrogen and oxygen atoms in total. The highest BCUT2D eigenvalue weighted by Gasteiger charge is 2.35. The van der Waals surface area contributed by atoms with Crippen LogP contribution in [0.5, 0.6) is 0 Å². The molecule has 1 fully saturated rings. The quantitative estimate of drug-likeness (QED) is 0.865. The highest BCUT2D eigenvalue weighted by Crippen LogP contribution is 2.26. The van der Waals surface area contributed by atoms with E-state index >= 15 is 0 Å². The van der Waals surface area contributed by atoms with Gasteiger partial charge in [0.2, 0.25) is 5.91 Å². The first-order chi connectivity index (χ1) is 12.0. The van der Waals surface area contributed by atoms with Gasteiger partial charge in [-0.2, -0.15) is 0 Å². The Morgan fingerprint density at radius 3 is 1.80 bits per heavy atom. The van der Waals surface area contributed by atoms with E-state index in [0.29, 0.717) is 31.7 Å². The Labute approximate surface area is 149 Å². The average Bonchev–Trinajstić information content (AvgIpc) is 2.68. The summed E-state index contributed by atoms with van der Waals surface area (Å²) in [5.74, 6) is 0.153. The van der Waals surface area contributed by atoms with Crippen LogP contribution in [0.15, 0.2) is 60.7 Å². The number of hydrogen-bond donors (Lipinski definition) is 0. The van der Waals surface area contributed by atoms with Gasteiger partial charge in [-0.05, 0) is 31.5 Å². The van der Waals surface area contributed by atoms with Crippen LogP contribution in [-0.4, -0.2) is 47.8 Å². The van der Waals surface area contributed by atoms with Gasteiger partial charge < -0.3 is 9.80 Å². The van der Waals surface area contributed by atoms with Crippen LogP contribution in [0.3, 0.4) is 0 Å². The Morgan fingerprint density at radius 1 is 0.760 bits per heavy atom. The summed E-state index contributed by atoms with van der Waals surface area (Å²) >= 11 is 0. The average molecular weight is 336 g/mol. The fourth-order valence-corrected chi connectivity index (χ4v) is 3.25. The van der Waals surface area contributed by atoms with Crippen LogP contribution in [0.25, 0.3) is 0 Å². The first-order valence-electron chi connectivity index (χ1n) is 8.69. The molecule has 3 rings (SSSR count). The van der Waals surface area contributed by atoms with Crippen LogP contribution in [0.4, 0.5) is 0 Å². The molecule has 2 aromatic carbocycles. The Kier molecular flexibility index (Phi) is 4.88. The van der Waals surface area contributed by atoms with Crippen LogP contribution in [0, 0.1) is 0 Å². The normalized spacial score (nSPS) is 15.1. The molecule has 4 heteroatoms. The molecule has 0 aromatic heterocycles. The SMILES string of the molecule is CC(C)(C(=O)N1CCN(C(=O)c2ccccc2)CC1)c1ccccc1. The molecular weight excluding hydrogens is 312 g/mol. The predicted octanol–water partition coefficient (Wildman–Crippen LogP) is 2.95. The molecule has 25 heavy (non-hydrogen) atoms. The van der Waals surface area contributed by atoms with Crippen LogP contribution in [-0.2, 0) is 10.2 Å². The number of benzene rings is 2. The molecule has 2 amide bonds. The van der Waals surface area contributed by atoms with Crippen molar-refractivity contribution in [1.82, 2.24) is 9.80 Å². The highest BCUT2D eigenvalue weighted by molar-refractivity contribution is 5.94. The van der Waals surface area contributed by atoms with Crippen molar-refractivity contribution in [2.24, 2.45) is 0 Å². The molecule has 0 aliphatic carbocycles. The van der Waals surface area contributed by atoms with E-state index in [1.54, 1.807) is 0 Å².